The van der Waals surface area contributed by atoms with Crippen molar-refractivity contribution < 1.29 is 4.39 Å². The average molecular weight is 208 g/mol. The predicted molar refractivity (Wildman–Crippen MR) is 52.5 cm³/mol. The van der Waals surface area contributed by atoms with Crippen molar-refractivity contribution in [1.82, 2.24) is 15.1 Å². The van der Waals surface area contributed by atoms with Crippen LogP contribution in [0.4, 0.5) is 4.39 Å². The molecule has 0 atom stereocenters. The lowest BCUT2D eigenvalue weighted by atomic mass is 10.3. The van der Waals surface area contributed by atoms with Crippen LogP contribution in [0.25, 0.3) is 0 Å². The maximum atomic E-state index is 13.2. The Bertz CT molecular complexity index is 250. The van der Waals surface area contributed by atoms with Gasteiger partial charge < -0.3 is 5.32 Å². The van der Waals surface area contributed by atoms with Crippen molar-refractivity contribution in [3.63, 3.8) is 0 Å². The van der Waals surface area contributed by atoms with Gasteiger partial charge in [0, 0.05) is 18.7 Å². The van der Waals surface area contributed by atoms with E-state index in [2.05, 4.69) is 10.4 Å². The summed E-state index contributed by atoms with van der Waals surface area (Å²) in [4.78, 5) is 0. The van der Waals surface area contributed by atoms with Gasteiger partial charge in [0.05, 0.1) is 6.20 Å². The zero-order valence-corrected chi connectivity index (χ0v) is 8.70. The molecule has 1 rings (SSSR count). The predicted octanol–water partition coefficient (Wildman–Crippen LogP) is 1.57. The minimum atomic E-state index is -0.224. The molecule has 76 valence electrons. The quantitative estimate of drug-likeness (QED) is 0.813. The van der Waals surface area contributed by atoms with Gasteiger partial charge >= 0.3 is 0 Å². The van der Waals surface area contributed by atoms with Crippen molar-refractivity contribution in [1.29, 1.82) is 0 Å². The molecule has 1 aromatic rings. The first-order chi connectivity index (χ1) is 5.79. The number of hydrogen-bond acceptors (Lipinski definition) is 2. The number of aromatic nitrogens is 2. The van der Waals surface area contributed by atoms with Gasteiger partial charge in [0.25, 0.3) is 0 Å². The Hall–Kier alpha value is -0.610. The number of hydrogen-bond donors (Lipinski definition) is 1. The smallest absolute Gasteiger partial charge is 0.215 e. The third-order valence-corrected chi connectivity index (χ3v) is 1.71. The SMILES string of the molecule is CCNCc1cnn(CC)c1F.Cl. The van der Waals surface area contributed by atoms with Gasteiger partial charge in [-0.2, -0.15) is 9.49 Å². The van der Waals surface area contributed by atoms with Crippen LogP contribution in [-0.4, -0.2) is 16.3 Å². The van der Waals surface area contributed by atoms with Gasteiger partial charge in [-0.1, -0.05) is 6.92 Å². The molecular formula is C8H15ClFN3. The van der Waals surface area contributed by atoms with E-state index in [1.54, 1.807) is 6.20 Å². The van der Waals surface area contributed by atoms with Crippen LogP contribution in [0, 0.1) is 5.95 Å². The molecule has 1 aromatic heterocycles. The summed E-state index contributed by atoms with van der Waals surface area (Å²) in [5.41, 5.74) is 0.638. The van der Waals surface area contributed by atoms with E-state index in [4.69, 9.17) is 0 Å². The Morgan fingerprint density at radius 1 is 1.54 bits per heavy atom. The van der Waals surface area contributed by atoms with Crippen LogP contribution in [0.3, 0.4) is 0 Å². The summed E-state index contributed by atoms with van der Waals surface area (Å²) in [7, 11) is 0. The monoisotopic (exact) mass is 207 g/mol. The number of nitrogens with zero attached hydrogens (tertiary/aromatic N) is 2. The molecule has 0 aromatic carbocycles. The molecule has 1 heterocycles. The van der Waals surface area contributed by atoms with E-state index >= 15 is 0 Å². The van der Waals surface area contributed by atoms with Crippen molar-refractivity contribution >= 4 is 12.4 Å². The van der Waals surface area contributed by atoms with Crippen molar-refractivity contribution in [2.75, 3.05) is 6.54 Å². The van der Waals surface area contributed by atoms with Crippen molar-refractivity contribution in [2.45, 2.75) is 26.9 Å². The number of nitrogens with one attached hydrogen (secondary N) is 1. The van der Waals surface area contributed by atoms with Gasteiger partial charge in [0.2, 0.25) is 5.95 Å². The Morgan fingerprint density at radius 3 is 2.69 bits per heavy atom. The van der Waals surface area contributed by atoms with Gasteiger partial charge in [-0.25, -0.2) is 4.68 Å². The van der Waals surface area contributed by atoms with E-state index in [0.29, 0.717) is 18.7 Å². The van der Waals surface area contributed by atoms with Crippen LogP contribution in [0.15, 0.2) is 6.20 Å². The van der Waals surface area contributed by atoms with Crippen molar-refractivity contribution in [3.8, 4) is 0 Å². The van der Waals surface area contributed by atoms with E-state index in [0.717, 1.165) is 6.54 Å². The van der Waals surface area contributed by atoms with E-state index in [1.165, 1.54) is 4.68 Å². The molecule has 0 bridgehead atoms. The summed E-state index contributed by atoms with van der Waals surface area (Å²) < 4.78 is 14.6. The third-order valence-electron chi connectivity index (χ3n) is 1.71. The van der Waals surface area contributed by atoms with Crippen LogP contribution >= 0.6 is 12.4 Å². The third kappa shape index (κ3) is 2.97. The van der Waals surface area contributed by atoms with Crippen LogP contribution in [0.5, 0.6) is 0 Å². The molecule has 0 saturated carbocycles. The van der Waals surface area contributed by atoms with Gasteiger partial charge in [-0.3, -0.25) is 0 Å². The second kappa shape index (κ2) is 5.94. The fraction of sp³-hybridized carbons (Fsp3) is 0.625. The molecule has 0 radical (unpaired) electrons. The van der Waals surface area contributed by atoms with Gasteiger partial charge in [-0.15, -0.1) is 12.4 Å². The first kappa shape index (κ1) is 12.4. The summed E-state index contributed by atoms with van der Waals surface area (Å²) >= 11 is 0. The first-order valence-corrected chi connectivity index (χ1v) is 4.20. The molecule has 0 aliphatic carbocycles. The van der Waals surface area contributed by atoms with Gasteiger partial charge in [0.1, 0.15) is 0 Å². The maximum absolute atomic E-state index is 13.2. The van der Waals surface area contributed by atoms with Gasteiger partial charge in [0.15, 0.2) is 0 Å². The molecule has 0 spiro atoms. The van der Waals surface area contributed by atoms with Crippen LogP contribution in [0.2, 0.25) is 0 Å². The van der Waals surface area contributed by atoms with Crippen molar-refractivity contribution in [2.24, 2.45) is 0 Å². The number of aryl methyl sites for hydroxylation is 1. The highest BCUT2D eigenvalue weighted by molar-refractivity contribution is 5.85. The van der Waals surface area contributed by atoms with Crippen LogP contribution < -0.4 is 5.32 Å². The normalized spacial score (nSPS) is 9.77. The molecule has 3 nitrogen and oxygen atoms in total. The lowest BCUT2D eigenvalue weighted by Crippen LogP contribution is -2.12. The molecular weight excluding hydrogens is 193 g/mol. The molecule has 0 saturated heterocycles. The lowest BCUT2D eigenvalue weighted by Gasteiger charge is -1.98. The molecule has 13 heavy (non-hydrogen) atoms. The Balaban J connectivity index is 0.00000144. The molecule has 0 fully saturated rings. The minimum Gasteiger partial charge on any atom is -0.313 e. The fourth-order valence-corrected chi connectivity index (χ4v) is 1.01. The Morgan fingerprint density at radius 2 is 2.23 bits per heavy atom. The summed E-state index contributed by atoms with van der Waals surface area (Å²) in [6.45, 7) is 5.84. The highest BCUT2D eigenvalue weighted by Crippen LogP contribution is 2.05. The summed E-state index contributed by atoms with van der Waals surface area (Å²) in [5.74, 6) is -0.224. The first-order valence-electron chi connectivity index (χ1n) is 4.20. The molecule has 0 aliphatic heterocycles. The standard InChI is InChI=1S/C8H14FN3.ClH/c1-3-10-5-7-6-11-12(4-2)8(7)9;/h6,10H,3-5H2,1-2H3;1H. The zero-order chi connectivity index (χ0) is 8.97. The maximum Gasteiger partial charge on any atom is 0.215 e. The summed E-state index contributed by atoms with van der Waals surface area (Å²) in [6.07, 6.45) is 1.57. The van der Waals surface area contributed by atoms with E-state index in [1.807, 2.05) is 13.8 Å². The van der Waals surface area contributed by atoms with Gasteiger partial charge in [-0.05, 0) is 13.5 Å². The van der Waals surface area contributed by atoms with Crippen LogP contribution in [-0.2, 0) is 13.1 Å². The van der Waals surface area contributed by atoms with E-state index in [-0.39, 0.29) is 18.4 Å². The summed E-state index contributed by atoms with van der Waals surface area (Å²) in [6, 6.07) is 0. The second-order valence-electron chi connectivity index (χ2n) is 2.56. The minimum absolute atomic E-state index is 0. The number of halogens is 2. The molecule has 5 heteroatoms. The Kier molecular flexibility index (Phi) is 5.66. The number of rotatable bonds is 4. The molecule has 0 aliphatic rings. The second-order valence-corrected chi connectivity index (χ2v) is 2.56. The lowest BCUT2D eigenvalue weighted by molar-refractivity contribution is 0.461. The Labute approximate surface area is 83.7 Å². The van der Waals surface area contributed by atoms with Crippen LogP contribution in [0.1, 0.15) is 19.4 Å². The van der Waals surface area contributed by atoms with E-state index in [9.17, 15) is 4.39 Å². The highest BCUT2D eigenvalue weighted by atomic mass is 35.5. The molecule has 1 N–H and O–H groups in total. The zero-order valence-electron chi connectivity index (χ0n) is 7.88. The highest BCUT2D eigenvalue weighted by Gasteiger charge is 2.07. The fourth-order valence-electron chi connectivity index (χ4n) is 1.01. The largest absolute Gasteiger partial charge is 0.313 e. The van der Waals surface area contributed by atoms with E-state index < -0.39 is 0 Å². The molecule has 0 unspecified atom stereocenters. The molecule has 0 amide bonds. The average Bonchev–Trinajstić information content (AvgIpc) is 2.43. The summed E-state index contributed by atoms with van der Waals surface area (Å²) in [5, 5.41) is 6.94. The van der Waals surface area contributed by atoms with Crippen molar-refractivity contribution in [3.05, 3.63) is 17.7 Å². The topological polar surface area (TPSA) is 29.9 Å².